The average molecular weight is 434 g/mol. The Hall–Kier alpha value is -2.26. The smallest absolute Gasteiger partial charge is 0.321 e. The Labute approximate surface area is 180 Å². The number of fused-ring (bicyclic) bond motifs is 1. The number of amides is 3. The number of hydrogen-bond acceptors (Lipinski definition) is 6. The van der Waals surface area contributed by atoms with Crippen LogP contribution in [0.15, 0.2) is 16.2 Å². The predicted molar refractivity (Wildman–Crippen MR) is 118 cm³/mol. The number of hydrogen-bond donors (Lipinski definition) is 3. The maximum Gasteiger partial charge on any atom is 0.321 e. The van der Waals surface area contributed by atoms with Crippen LogP contribution in [0, 0.1) is 11.8 Å². The number of imide groups is 1. The molecule has 2 aromatic rings. The molecule has 3 atom stereocenters. The minimum absolute atomic E-state index is 0.0588. The normalized spacial score (nSPS) is 21.7. The largest absolute Gasteiger partial charge is 0.335 e. The number of aromatic nitrogens is 2. The molecule has 3 unspecified atom stereocenters. The van der Waals surface area contributed by atoms with Gasteiger partial charge in [-0.15, -0.1) is 11.3 Å². The van der Waals surface area contributed by atoms with Crippen molar-refractivity contribution < 1.29 is 9.59 Å². The second-order valence-corrected chi connectivity index (χ2v) is 9.17. The third-order valence-corrected chi connectivity index (χ3v) is 6.82. The summed E-state index contributed by atoms with van der Waals surface area (Å²) < 4.78 is 0.599. The second kappa shape index (κ2) is 10.2. The van der Waals surface area contributed by atoms with Gasteiger partial charge in [-0.3, -0.25) is 19.8 Å². The van der Waals surface area contributed by atoms with E-state index in [0.29, 0.717) is 41.0 Å². The number of carbonyl (C=O) groups excluding carboxylic acids is 2. The van der Waals surface area contributed by atoms with E-state index in [1.165, 1.54) is 17.8 Å². The predicted octanol–water partition coefficient (Wildman–Crippen LogP) is 2.85. The Morgan fingerprint density at radius 3 is 2.90 bits per heavy atom. The van der Waals surface area contributed by atoms with Crippen molar-refractivity contribution in [1.82, 2.24) is 25.5 Å². The molecule has 0 spiro atoms. The van der Waals surface area contributed by atoms with Crippen LogP contribution >= 0.6 is 11.3 Å². The van der Waals surface area contributed by atoms with Crippen LogP contribution in [0.25, 0.3) is 10.2 Å². The monoisotopic (exact) mass is 433 g/mol. The lowest BCUT2D eigenvalue weighted by Crippen LogP contribution is -2.51. The Bertz CT molecular complexity index is 940. The minimum Gasteiger partial charge on any atom is -0.335 e. The van der Waals surface area contributed by atoms with Crippen molar-refractivity contribution in [2.24, 2.45) is 11.8 Å². The van der Waals surface area contributed by atoms with E-state index in [1.54, 1.807) is 0 Å². The molecule has 1 aliphatic rings. The van der Waals surface area contributed by atoms with Gasteiger partial charge in [0.25, 0.3) is 5.56 Å². The van der Waals surface area contributed by atoms with Crippen LogP contribution in [0.1, 0.15) is 52.3 Å². The van der Waals surface area contributed by atoms with Gasteiger partial charge < -0.3 is 10.3 Å². The first-order valence-electron chi connectivity index (χ1n) is 10.7. The molecule has 8 nitrogen and oxygen atoms in total. The van der Waals surface area contributed by atoms with Crippen molar-refractivity contribution in [2.45, 2.75) is 59.0 Å². The average Bonchev–Trinajstić information content (AvgIpc) is 3.14. The molecule has 3 N–H and O–H groups in total. The van der Waals surface area contributed by atoms with Crippen molar-refractivity contribution >= 4 is 33.5 Å². The summed E-state index contributed by atoms with van der Waals surface area (Å²) in [6.07, 6.45) is 4.05. The van der Waals surface area contributed by atoms with Crippen molar-refractivity contribution in [3.63, 3.8) is 0 Å². The van der Waals surface area contributed by atoms with Crippen molar-refractivity contribution in [3.8, 4) is 0 Å². The fourth-order valence-corrected chi connectivity index (χ4v) is 4.82. The molecule has 30 heavy (non-hydrogen) atoms. The molecule has 3 amide bonds. The van der Waals surface area contributed by atoms with Crippen LogP contribution in [0.4, 0.5) is 4.79 Å². The molecule has 3 rings (SSSR count). The molecule has 2 heterocycles. The van der Waals surface area contributed by atoms with Crippen LogP contribution in [-0.4, -0.2) is 45.9 Å². The van der Waals surface area contributed by atoms with E-state index in [2.05, 4.69) is 34.4 Å². The van der Waals surface area contributed by atoms with Crippen molar-refractivity contribution in [1.29, 1.82) is 0 Å². The zero-order chi connectivity index (χ0) is 21.7. The highest BCUT2D eigenvalue weighted by atomic mass is 32.1. The van der Waals surface area contributed by atoms with E-state index in [0.717, 1.165) is 19.3 Å². The summed E-state index contributed by atoms with van der Waals surface area (Å²) in [4.78, 5) is 46.1. The first-order valence-corrected chi connectivity index (χ1v) is 11.5. The van der Waals surface area contributed by atoms with Gasteiger partial charge in [0.1, 0.15) is 10.5 Å². The highest BCUT2D eigenvalue weighted by Gasteiger charge is 2.28. The molecule has 0 radical (unpaired) electrons. The summed E-state index contributed by atoms with van der Waals surface area (Å²) in [5.41, 5.74) is 0.496. The zero-order valence-electron chi connectivity index (χ0n) is 17.9. The maximum absolute atomic E-state index is 12.5. The number of nitrogens with zero attached hydrogens (tertiary/aromatic N) is 2. The van der Waals surface area contributed by atoms with Crippen LogP contribution in [0.5, 0.6) is 0 Å². The zero-order valence-corrected chi connectivity index (χ0v) is 18.7. The van der Waals surface area contributed by atoms with Crippen LogP contribution < -0.4 is 16.2 Å². The number of nitrogens with one attached hydrogen (secondary N) is 3. The summed E-state index contributed by atoms with van der Waals surface area (Å²) in [6.45, 7) is 7.41. The van der Waals surface area contributed by atoms with Crippen LogP contribution in [0.2, 0.25) is 0 Å². The van der Waals surface area contributed by atoms with Crippen molar-refractivity contribution in [3.05, 3.63) is 27.6 Å². The van der Waals surface area contributed by atoms with Gasteiger partial charge in [0.15, 0.2) is 0 Å². The lowest BCUT2D eigenvalue weighted by molar-refractivity contribution is -0.121. The SMILES string of the molecule is CCCN(CC(=O)NC(=O)NC1CCCC(C)C1C)Cc1nc2ccsc2c(=O)[nH]1. The van der Waals surface area contributed by atoms with Crippen molar-refractivity contribution in [2.75, 3.05) is 13.1 Å². The molecule has 2 aromatic heterocycles. The molecule has 0 aromatic carbocycles. The molecule has 0 saturated heterocycles. The van der Waals surface area contributed by atoms with Gasteiger partial charge in [0, 0.05) is 6.04 Å². The van der Waals surface area contributed by atoms with Gasteiger partial charge in [-0.2, -0.15) is 0 Å². The van der Waals surface area contributed by atoms with Gasteiger partial charge in [0.05, 0.1) is 18.6 Å². The molecule has 1 aliphatic carbocycles. The fraction of sp³-hybridized carbons (Fsp3) is 0.619. The number of H-pyrrole nitrogens is 1. The van der Waals surface area contributed by atoms with E-state index >= 15 is 0 Å². The summed E-state index contributed by atoms with van der Waals surface area (Å²) in [6, 6.07) is 1.47. The topological polar surface area (TPSA) is 107 Å². The second-order valence-electron chi connectivity index (χ2n) is 8.25. The molecule has 0 aliphatic heterocycles. The number of carbonyl (C=O) groups is 2. The van der Waals surface area contributed by atoms with E-state index < -0.39 is 6.03 Å². The first kappa shape index (κ1) is 22.4. The van der Waals surface area contributed by atoms with Crippen LogP contribution in [-0.2, 0) is 11.3 Å². The lowest BCUT2D eigenvalue weighted by atomic mass is 9.78. The van der Waals surface area contributed by atoms with E-state index in [9.17, 15) is 14.4 Å². The number of urea groups is 1. The highest BCUT2D eigenvalue weighted by Crippen LogP contribution is 2.29. The highest BCUT2D eigenvalue weighted by molar-refractivity contribution is 7.17. The Morgan fingerprint density at radius 1 is 1.33 bits per heavy atom. The Kier molecular flexibility index (Phi) is 7.60. The van der Waals surface area contributed by atoms with Gasteiger partial charge in [-0.1, -0.05) is 33.6 Å². The Balaban J connectivity index is 1.56. The molecular weight excluding hydrogens is 402 g/mol. The van der Waals surface area contributed by atoms with Crippen LogP contribution in [0.3, 0.4) is 0 Å². The fourth-order valence-electron chi connectivity index (χ4n) is 4.10. The summed E-state index contributed by atoms with van der Waals surface area (Å²) in [5, 5.41) is 7.25. The van der Waals surface area contributed by atoms with Gasteiger partial charge in [-0.05, 0) is 42.7 Å². The quantitative estimate of drug-likeness (QED) is 0.622. The Morgan fingerprint density at radius 2 is 2.13 bits per heavy atom. The maximum atomic E-state index is 12.5. The molecule has 1 fully saturated rings. The minimum atomic E-state index is -0.436. The van der Waals surface area contributed by atoms with E-state index in [4.69, 9.17) is 0 Å². The summed E-state index contributed by atoms with van der Waals surface area (Å²) in [7, 11) is 0. The standard InChI is InChI=1S/C21H31N5O3S/c1-4-9-26(11-17-22-16-8-10-30-19(16)20(28)24-17)12-18(27)25-21(29)23-15-7-5-6-13(2)14(15)3/h8,10,13-15H,4-7,9,11-12H2,1-3H3,(H,22,24,28)(H2,23,25,27,29). The first-order chi connectivity index (χ1) is 14.4. The summed E-state index contributed by atoms with van der Waals surface area (Å²) >= 11 is 1.36. The third-order valence-electron chi connectivity index (χ3n) is 5.92. The molecule has 164 valence electrons. The molecule has 0 bridgehead atoms. The van der Waals surface area contributed by atoms with E-state index in [-0.39, 0.29) is 24.1 Å². The lowest BCUT2D eigenvalue weighted by Gasteiger charge is -2.34. The third kappa shape index (κ3) is 5.66. The number of aromatic amines is 1. The molecule has 1 saturated carbocycles. The van der Waals surface area contributed by atoms with E-state index in [1.807, 2.05) is 23.3 Å². The molecular formula is C21H31N5O3S. The van der Waals surface area contributed by atoms with Gasteiger partial charge >= 0.3 is 6.03 Å². The molecule has 9 heteroatoms. The van der Waals surface area contributed by atoms with Gasteiger partial charge in [-0.25, -0.2) is 9.78 Å². The van der Waals surface area contributed by atoms with Gasteiger partial charge in [0.2, 0.25) is 5.91 Å². The summed E-state index contributed by atoms with van der Waals surface area (Å²) in [5.74, 6) is 1.11. The number of rotatable bonds is 7. The number of thiophene rings is 1.